The summed E-state index contributed by atoms with van der Waals surface area (Å²) in [6.07, 6.45) is 25.5. The van der Waals surface area contributed by atoms with Gasteiger partial charge in [-0.1, -0.05) is 86.5 Å². The Labute approximate surface area is 207 Å². The second-order valence-corrected chi connectivity index (χ2v) is 11.5. The van der Waals surface area contributed by atoms with E-state index in [4.69, 9.17) is 4.74 Å². The van der Waals surface area contributed by atoms with Crippen molar-refractivity contribution >= 4 is 0 Å². The zero-order valence-corrected chi connectivity index (χ0v) is 23.4. The van der Waals surface area contributed by atoms with Crippen molar-refractivity contribution in [1.29, 1.82) is 0 Å². The van der Waals surface area contributed by atoms with E-state index in [0.29, 0.717) is 6.10 Å². The molecule has 0 fully saturated rings. The van der Waals surface area contributed by atoms with Gasteiger partial charge >= 0.3 is 0 Å². The van der Waals surface area contributed by atoms with E-state index in [-0.39, 0.29) is 0 Å². The SMILES string of the molecule is CCCCn1cc[n+](CCCCCOC(CCCCC(C)C)CCC(C)CCCC(C)C)c1. The maximum Gasteiger partial charge on any atom is 0.243 e. The molecule has 0 aromatic carbocycles. The van der Waals surface area contributed by atoms with Gasteiger partial charge in [0.1, 0.15) is 12.4 Å². The Kier molecular flexibility index (Phi) is 17.8. The number of unbranched alkanes of at least 4 members (excludes halogenated alkanes) is 4. The number of nitrogens with zero attached hydrogens (tertiary/aromatic N) is 2. The highest BCUT2D eigenvalue weighted by atomic mass is 16.5. The highest BCUT2D eigenvalue weighted by Crippen LogP contribution is 2.21. The number of ether oxygens (including phenoxy) is 1. The lowest BCUT2D eigenvalue weighted by Crippen LogP contribution is -2.30. The summed E-state index contributed by atoms with van der Waals surface area (Å²) in [6, 6.07) is 0. The smallest absolute Gasteiger partial charge is 0.243 e. The van der Waals surface area contributed by atoms with Gasteiger partial charge < -0.3 is 4.74 Å². The predicted molar refractivity (Wildman–Crippen MR) is 144 cm³/mol. The molecule has 2 atom stereocenters. The molecule has 0 saturated carbocycles. The van der Waals surface area contributed by atoms with Crippen LogP contribution in [-0.2, 0) is 17.8 Å². The third kappa shape index (κ3) is 17.3. The number of rotatable bonds is 22. The van der Waals surface area contributed by atoms with E-state index in [1.165, 1.54) is 89.9 Å². The second kappa shape index (κ2) is 19.5. The van der Waals surface area contributed by atoms with Gasteiger partial charge in [-0.2, -0.15) is 0 Å². The standard InChI is InChI=1S/C30H59N2O/c1-7-8-21-31-23-24-32(26-31)22-12-9-13-25-33-30(18-11-10-15-27(2)3)20-19-29(6)17-14-16-28(4)5/h23-24,26-30H,7-22,25H2,1-6H3/q+1. The van der Waals surface area contributed by atoms with Gasteiger partial charge in [-0.05, 0) is 62.7 Å². The predicted octanol–water partition coefficient (Wildman–Crippen LogP) is 8.59. The number of imidazole rings is 1. The average molecular weight is 464 g/mol. The third-order valence-electron chi connectivity index (χ3n) is 6.95. The largest absolute Gasteiger partial charge is 0.378 e. The maximum atomic E-state index is 6.43. The molecule has 0 N–H and O–H groups in total. The van der Waals surface area contributed by atoms with Crippen molar-refractivity contribution in [2.75, 3.05) is 6.61 Å². The van der Waals surface area contributed by atoms with Crippen LogP contribution in [0.4, 0.5) is 0 Å². The van der Waals surface area contributed by atoms with Crippen LogP contribution in [0, 0.1) is 17.8 Å². The van der Waals surface area contributed by atoms with Gasteiger partial charge in [-0.25, -0.2) is 9.13 Å². The number of aryl methyl sites for hydroxylation is 2. The van der Waals surface area contributed by atoms with Gasteiger partial charge in [0.05, 0.1) is 19.2 Å². The minimum Gasteiger partial charge on any atom is -0.378 e. The normalized spacial score (nSPS) is 13.8. The van der Waals surface area contributed by atoms with Gasteiger partial charge in [-0.3, -0.25) is 0 Å². The topological polar surface area (TPSA) is 18.0 Å². The second-order valence-electron chi connectivity index (χ2n) is 11.5. The Morgan fingerprint density at radius 2 is 1.45 bits per heavy atom. The average Bonchev–Trinajstić information content (AvgIpc) is 3.22. The summed E-state index contributed by atoms with van der Waals surface area (Å²) in [5.41, 5.74) is 0. The molecule has 0 amide bonds. The van der Waals surface area contributed by atoms with E-state index < -0.39 is 0 Å². The maximum absolute atomic E-state index is 6.43. The van der Waals surface area contributed by atoms with Crippen LogP contribution in [0.1, 0.15) is 131 Å². The van der Waals surface area contributed by atoms with Crippen molar-refractivity contribution in [3.05, 3.63) is 18.7 Å². The van der Waals surface area contributed by atoms with Crippen molar-refractivity contribution in [3.8, 4) is 0 Å². The molecule has 0 saturated heterocycles. The zero-order chi connectivity index (χ0) is 24.3. The number of hydrogen-bond donors (Lipinski definition) is 0. The summed E-state index contributed by atoms with van der Waals surface area (Å²) >= 11 is 0. The van der Waals surface area contributed by atoms with Crippen molar-refractivity contribution in [1.82, 2.24) is 4.57 Å². The van der Waals surface area contributed by atoms with E-state index >= 15 is 0 Å². The number of hydrogen-bond acceptors (Lipinski definition) is 1. The van der Waals surface area contributed by atoms with E-state index in [1.807, 2.05) is 0 Å². The van der Waals surface area contributed by atoms with Crippen LogP contribution in [0.5, 0.6) is 0 Å². The lowest BCUT2D eigenvalue weighted by molar-refractivity contribution is -0.696. The Bertz CT molecular complexity index is 551. The molecule has 0 spiro atoms. The Morgan fingerprint density at radius 1 is 0.727 bits per heavy atom. The van der Waals surface area contributed by atoms with E-state index in [9.17, 15) is 0 Å². The Morgan fingerprint density at radius 3 is 2.18 bits per heavy atom. The van der Waals surface area contributed by atoms with Crippen molar-refractivity contribution in [2.45, 2.75) is 151 Å². The highest BCUT2D eigenvalue weighted by Gasteiger charge is 2.12. The summed E-state index contributed by atoms with van der Waals surface area (Å²) in [7, 11) is 0. The molecule has 0 aliphatic heterocycles. The van der Waals surface area contributed by atoms with Crippen molar-refractivity contribution in [2.24, 2.45) is 17.8 Å². The molecule has 0 radical (unpaired) electrons. The molecule has 194 valence electrons. The summed E-state index contributed by atoms with van der Waals surface area (Å²) in [5, 5.41) is 0. The van der Waals surface area contributed by atoms with Gasteiger partial charge in [0.2, 0.25) is 6.33 Å². The van der Waals surface area contributed by atoms with Crippen LogP contribution in [0.15, 0.2) is 18.7 Å². The summed E-state index contributed by atoms with van der Waals surface area (Å²) in [4.78, 5) is 0. The fourth-order valence-electron chi connectivity index (χ4n) is 4.59. The fraction of sp³-hybridized carbons (Fsp3) is 0.900. The molecule has 1 aromatic heterocycles. The first-order chi connectivity index (χ1) is 15.9. The molecular formula is C30H59N2O+. The molecule has 1 rings (SSSR count). The van der Waals surface area contributed by atoms with Gasteiger partial charge in [0.15, 0.2) is 0 Å². The first kappa shape index (κ1) is 30.2. The first-order valence-electron chi connectivity index (χ1n) is 14.6. The molecule has 0 bridgehead atoms. The van der Waals surface area contributed by atoms with E-state index in [0.717, 1.165) is 37.5 Å². The van der Waals surface area contributed by atoms with Crippen LogP contribution in [0.25, 0.3) is 0 Å². The van der Waals surface area contributed by atoms with Gasteiger partial charge in [-0.15, -0.1) is 0 Å². The van der Waals surface area contributed by atoms with Crippen LogP contribution < -0.4 is 4.57 Å². The van der Waals surface area contributed by atoms with Crippen LogP contribution >= 0.6 is 0 Å². The van der Waals surface area contributed by atoms with Gasteiger partial charge in [0, 0.05) is 6.61 Å². The lowest BCUT2D eigenvalue weighted by atomic mass is 9.93. The summed E-state index contributed by atoms with van der Waals surface area (Å²) < 4.78 is 11.1. The first-order valence-corrected chi connectivity index (χ1v) is 14.6. The highest BCUT2D eigenvalue weighted by molar-refractivity contribution is 4.66. The summed E-state index contributed by atoms with van der Waals surface area (Å²) in [5.74, 6) is 2.51. The molecule has 0 aliphatic carbocycles. The molecule has 33 heavy (non-hydrogen) atoms. The Hall–Kier alpha value is -0.830. The molecule has 3 nitrogen and oxygen atoms in total. The fourth-order valence-corrected chi connectivity index (χ4v) is 4.59. The van der Waals surface area contributed by atoms with Crippen LogP contribution in [0.2, 0.25) is 0 Å². The molecular weight excluding hydrogens is 404 g/mol. The lowest BCUT2D eigenvalue weighted by Gasteiger charge is -2.21. The quantitative estimate of drug-likeness (QED) is 0.124. The molecule has 0 aliphatic rings. The summed E-state index contributed by atoms with van der Waals surface area (Å²) in [6.45, 7) is 17.3. The van der Waals surface area contributed by atoms with E-state index in [1.54, 1.807) is 0 Å². The Balaban J connectivity index is 2.24. The minimum atomic E-state index is 0.478. The monoisotopic (exact) mass is 463 g/mol. The van der Waals surface area contributed by atoms with Crippen molar-refractivity contribution < 1.29 is 9.30 Å². The van der Waals surface area contributed by atoms with E-state index in [2.05, 4.69) is 69.4 Å². The molecule has 3 heteroatoms. The van der Waals surface area contributed by atoms with Crippen LogP contribution in [-0.4, -0.2) is 17.3 Å². The number of aromatic nitrogens is 2. The van der Waals surface area contributed by atoms with Gasteiger partial charge in [0.25, 0.3) is 0 Å². The van der Waals surface area contributed by atoms with Crippen molar-refractivity contribution in [3.63, 3.8) is 0 Å². The van der Waals surface area contributed by atoms with Crippen LogP contribution in [0.3, 0.4) is 0 Å². The minimum absolute atomic E-state index is 0.478. The zero-order valence-electron chi connectivity index (χ0n) is 23.4. The third-order valence-corrected chi connectivity index (χ3v) is 6.95. The molecule has 1 heterocycles. The molecule has 2 unspecified atom stereocenters. The molecule has 1 aromatic rings.